The van der Waals surface area contributed by atoms with Crippen molar-refractivity contribution in [2.75, 3.05) is 6.61 Å². The van der Waals surface area contributed by atoms with Gasteiger partial charge in [-0.3, -0.25) is 9.59 Å². The second-order valence-corrected chi connectivity index (χ2v) is 5.13. The largest absolute Gasteiger partial charge is 0.465 e. The molecule has 0 N–H and O–H groups in total. The van der Waals surface area contributed by atoms with Crippen LogP contribution in [0.1, 0.15) is 33.9 Å². The zero-order chi connectivity index (χ0) is 14.5. The lowest BCUT2D eigenvalue weighted by Gasteiger charge is -2.12. The molecule has 0 radical (unpaired) electrons. The predicted octanol–water partition coefficient (Wildman–Crippen LogP) is 2.98. The minimum absolute atomic E-state index is 0.238. The number of benzene rings is 1. The first-order valence-electron chi connectivity index (χ1n) is 6.31. The molecule has 4 nitrogen and oxygen atoms in total. The molecule has 1 atom stereocenters. The number of ether oxygens (including phenoxy) is 1. The molecule has 0 amide bonds. The molecule has 0 aliphatic rings. The fourth-order valence-corrected chi connectivity index (χ4v) is 2.70. The Labute approximate surface area is 121 Å². The number of carbonyl (C=O) groups excluding carboxylic acids is 2. The normalized spacial score (nSPS) is 11.9. The van der Waals surface area contributed by atoms with Gasteiger partial charge in [0.25, 0.3) is 0 Å². The van der Waals surface area contributed by atoms with Gasteiger partial charge in [0.05, 0.1) is 6.61 Å². The van der Waals surface area contributed by atoms with Crippen LogP contribution in [0.4, 0.5) is 0 Å². The molecule has 2 aromatic rings. The third-order valence-corrected chi connectivity index (χ3v) is 3.75. The van der Waals surface area contributed by atoms with Crippen molar-refractivity contribution in [1.82, 2.24) is 4.98 Å². The molecule has 1 aromatic heterocycles. The summed E-state index contributed by atoms with van der Waals surface area (Å²) in [5, 5.41) is 2.30. The number of hydrogen-bond donors (Lipinski definition) is 0. The molecule has 2 rings (SSSR count). The minimum Gasteiger partial charge on any atom is -0.465 e. The third-order valence-electron chi connectivity index (χ3n) is 2.73. The molecule has 0 bridgehead atoms. The number of aromatic nitrogens is 1. The van der Waals surface area contributed by atoms with Gasteiger partial charge in [0.15, 0.2) is 11.7 Å². The predicted molar refractivity (Wildman–Crippen MR) is 77.0 cm³/mol. The Hall–Kier alpha value is -2.01. The van der Waals surface area contributed by atoms with Crippen LogP contribution in [0.5, 0.6) is 0 Å². The number of ketones is 1. The summed E-state index contributed by atoms with van der Waals surface area (Å²) in [7, 11) is 0. The summed E-state index contributed by atoms with van der Waals surface area (Å²) >= 11 is 1.30. The molecule has 0 aliphatic heterocycles. The van der Waals surface area contributed by atoms with Crippen LogP contribution in [-0.4, -0.2) is 23.3 Å². The van der Waals surface area contributed by atoms with E-state index in [-0.39, 0.29) is 12.4 Å². The summed E-state index contributed by atoms with van der Waals surface area (Å²) in [4.78, 5) is 28.9. The van der Waals surface area contributed by atoms with E-state index in [4.69, 9.17) is 4.74 Å². The van der Waals surface area contributed by atoms with E-state index in [0.29, 0.717) is 10.6 Å². The maximum atomic E-state index is 12.5. The molecule has 0 spiro atoms. The second kappa shape index (κ2) is 6.43. The van der Waals surface area contributed by atoms with Crippen LogP contribution in [0.2, 0.25) is 0 Å². The van der Waals surface area contributed by atoms with Crippen molar-refractivity contribution >= 4 is 23.1 Å². The first-order chi connectivity index (χ1) is 9.63. The van der Waals surface area contributed by atoms with E-state index in [2.05, 4.69) is 4.98 Å². The van der Waals surface area contributed by atoms with Gasteiger partial charge in [-0.1, -0.05) is 30.3 Å². The van der Waals surface area contributed by atoms with Crippen LogP contribution < -0.4 is 0 Å². The number of esters is 1. The van der Waals surface area contributed by atoms with Gasteiger partial charge < -0.3 is 4.74 Å². The van der Waals surface area contributed by atoms with Crippen LogP contribution >= 0.6 is 11.3 Å². The summed E-state index contributed by atoms with van der Waals surface area (Å²) in [5.41, 5.74) is 1.28. The Kier molecular flexibility index (Phi) is 4.63. The minimum atomic E-state index is -0.976. The Morgan fingerprint density at radius 3 is 2.55 bits per heavy atom. The van der Waals surface area contributed by atoms with E-state index < -0.39 is 11.9 Å². The average molecular weight is 289 g/mol. The smallest absolute Gasteiger partial charge is 0.323 e. The van der Waals surface area contributed by atoms with Crippen molar-refractivity contribution in [1.29, 1.82) is 0 Å². The molecule has 0 aliphatic carbocycles. The Bertz CT molecular complexity index is 607. The van der Waals surface area contributed by atoms with Crippen molar-refractivity contribution in [2.24, 2.45) is 0 Å². The van der Waals surface area contributed by atoms with Gasteiger partial charge >= 0.3 is 5.97 Å². The van der Waals surface area contributed by atoms with Crippen molar-refractivity contribution < 1.29 is 14.3 Å². The number of hydrogen-bond acceptors (Lipinski definition) is 5. The standard InChI is InChI=1S/C15H15NO3S/c1-3-19-15(18)12(14-16-10(2)9-20-14)13(17)11-7-5-4-6-8-11/h4-9,12H,3H2,1-2H3. The first kappa shape index (κ1) is 14.4. The summed E-state index contributed by atoms with van der Waals surface area (Å²) in [6, 6.07) is 8.73. The highest BCUT2D eigenvalue weighted by molar-refractivity contribution is 7.10. The van der Waals surface area contributed by atoms with Crippen molar-refractivity contribution in [3.63, 3.8) is 0 Å². The maximum absolute atomic E-state index is 12.5. The van der Waals surface area contributed by atoms with Crippen LogP contribution in [0.15, 0.2) is 35.7 Å². The average Bonchev–Trinajstić information content (AvgIpc) is 2.86. The molecule has 1 unspecified atom stereocenters. The second-order valence-electron chi connectivity index (χ2n) is 4.24. The fraction of sp³-hybridized carbons (Fsp3) is 0.267. The zero-order valence-corrected chi connectivity index (χ0v) is 12.1. The SMILES string of the molecule is CCOC(=O)C(C(=O)c1ccccc1)c1nc(C)cs1. The van der Waals surface area contributed by atoms with Crippen molar-refractivity contribution in [3.8, 4) is 0 Å². The quantitative estimate of drug-likeness (QED) is 0.482. The van der Waals surface area contributed by atoms with Gasteiger partial charge in [-0.2, -0.15) is 0 Å². The zero-order valence-electron chi connectivity index (χ0n) is 11.3. The van der Waals surface area contributed by atoms with Crippen LogP contribution in [0, 0.1) is 6.92 Å². The van der Waals surface area contributed by atoms with Crippen molar-refractivity contribution in [2.45, 2.75) is 19.8 Å². The Morgan fingerprint density at radius 1 is 1.30 bits per heavy atom. The van der Waals surface area contributed by atoms with E-state index in [9.17, 15) is 9.59 Å². The number of carbonyl (C=O) groups is 2. The maximum Gasteiger partial charge on any atom is 0.323 e. The van der Waals surface area contributed by atoms with Gasteiger partial charge in [0.2, 0.25) is 0 Å². The fourth-order valence-electron chi connectivity index (χ4n) is 1.82. The highest BCUT2D eigenvalue weighted by Crippen LogP contribution is 2.25. The van der Waals surface area contributed by atoms with Crippen LogP contribution in [-0.2, 0) is 9.53 Å². The highest BCUT2D eigenvalue weighted by atomic mass is 32.1. The van der Waals surface area contributed by atoms with Gasteiger partial charge in [0, 0.05) is 16.6 Å². The number of Topliss-reactive ketones (excluding diaryl/α,β-unsaturated/α-hetero) is 1. The molecule has 0 saturated heterocycles. The summed E-state index contributed by atoms with van der Waals surface area (Å²) in [6.45, 7) is 3.78. The summed E-state index contributed by atoms with van der Waals surface area (Å²) in [6.07, 6.45) is 0. The molecular weight excluding hydrogens is 274 g/mol. The van der Waals surface area contributed by atoms with E-state index in [1.807, 2.05) is 18.4 Å². The van der Waals surface area contributed by atoms with E-state index in [1.165, 1.54) is 11.3 Å². The lowest BCUT2D eigenvalue weighted by atomic mass is 9.98. The molecule has 104 valence electrons. The highest BCUT2D eigenvalue weighted by Gasteiger charge is 2.33. The molecule has 0 fully saturated rings. The lowest BCUT2D eigenvalue weighted by molar-refractivity contribution is -0.143. The van der Waals surface area contributed by atoms with E-state index in [0.717, 1.165) is 5.69 Å². The van der Waals surface area contributed by atoms with E-state index in [1.54, 1.807) is 31.2 Å². The van der Waals surface area contributed by atoms with Gasteiger partial charge in [-0.05, 0) is 13.8 Å². The topological polar surface area (TPSA) is 56.3 Å². The number of rotatable bonds is 5. The van der Waals surface area contributed by atoms with Gasteiger partial charge in [0.1, 0.15) is 5.01 Å². The number of thiazole rings is 1. The van der Waals surface area contributed by atoms with Gasteiger partial charge in [-0.15, -0.1) is 11.3 Å². The van der Waals surface area contributed by atoms with E-state index >= 15 is 0 Å². The summed E-state index contributed by atoms with van der Waals surface area (Å²) in [5.74, 6) is -1.80. The summed E-state index contributed by atoms with van der Waals surface area (Å²) < 4.78 is 5.02. The molecule has 1 heterocycles. The number of aryl methyl sites for hydroxylation is 1. The Morgan fingerprint density at radius 2 is 2.00 bits per heavy atom. The molecule has 1 aromatic carbocycles. The van der Waals surface area contributed by atoms with Crippen LogP contribution in [0.25, 0.3) is 0 Å². The third kappa shape index (κ3) is 3.11. The van der Waals surface area contributed by atoms with Gasteiger partial charge in [-0.25, -0.2) is 4.98 Å². The molecule has 5 heteroatoms. The monoisotopic (exact) mass is 289 g/mol. The molecular formula is C15H15NO3S. The van der Waals surface area contributed by atoms with Crippen molar-refractivity contribution in [3.05, 3.63) is 52.0 Å². The molecule has 0 saturated carbocycles. The number of nitrogens with zero attached hydrogens (tertiary/aromatic N) is 1. The first-order valence-corrected chi connectivity index (χ1v) is 7.19. The Balaban J connectivity index is 2.36. The lowest BCUT2D eigenvalue weighted by Crippen LogP contribution is -2.24. The van der Waals surface area contributed by atoms with Crippen LogP contribution in [0.3, 0.4) is 0 Å². The molecule has 20 heavy (non-hydrogen) atoms.